The Morgan fingerprint density at radius 1 is 1.13 bits per heavy atom. The van der Waals surface area contributed by atoms with Crippen LogP contribution in [0.2, 0.25) is 0 Å². The number of hydrogen-bond acceptors (Lipinski definition) is 5. The highest BCUT2D eigenvalue weighted by Crippen LogP contribution is 2.23. The number of nitrogens with one attached hydrogen (secondary N) is 1. The van der Waals surface area contributed by atoms with Gasteiger partial charge in [-0.15, -0.1) is 0 Å². The number of carbonyl (C=O) groups excluding carboxylic acids is 2. The third-order valence-electron chi connectivity index (χ3n) is 3.47. The summed E-state index contributed by atoms with van der Waals surface area (Å²) in [4.78, 5) is 34.4. The van der Waals surface area contributed by atoms with E-state index in [0.29, 0.717) is 6.42 Å². The van der Waals surface area contributed by atoms with Gasteiger partial charge in [0.25, 0.3) is 0 Å². The number of alkyl carbamates (subject to hydrolysis) is 1. The second-order valence-corrected chi connectivity index (χ2v) is 6.54. The summed E-state index contributed by atoms with van der Waals surface area (Å²) in [7, 11) is 0. The maximum Gasteiger partial charge on any atom is 0.410 e. The summed E-state index contributed by atoms with van der Waals surface area (Å²) >= 11 is 0. The summed E-state index contributed by atoms with van der Waals surface area (Å²) in [6.45, 7) is 10.4. The van der Waals surface area contributed by atoms with E-state index in [-0.39, 0.29) is 18.3 Å². The van der Waals surface area contributed by atoms with E-state index < -0.39 is 29.9 Å². The maximum absolute atomic E-state index is 12.0. The second-order valence-electron chi connectivity index (χ2n) is 6.54. The molecule has 3 atom stereocenters. The van der Waals surface area contributed by atoms with Gasteiger partial charge in [0, 0.05) is 6.92 Å². The Kier molecular flexibility index (Phi) is 8.64. The van der Waals surface area contributed by atoms with Crippen molar-refractivity contribution >= 4 is 18.0 Å². The molecule has 0 saturated carbocycles. The highest BCUT2D eigenvalue weighted by Gasteiger charge is 2.32. The van der Waals surface area contributed by atoms with Crippen molar-refractivity contribution in [2.45, 2.75) is 72.6 Å². The van der Waals surface area contributed by atoms with E-state index in [1.807, 2.05) is 13.8 Å². The van der Waals surface area contributed by atoms with Crippen LogP contribution in [0, 0.1) is 11.8 Å². The first kappa shape index (κ1) is 21.2. The molecule has 0 aliphatic heterocycles. The quantitative estimate of drug-likeness (QED) is 0.497. The minimum atomic E-state index is -1.04. The molecule has 0 aromatic rings. The topological polar surface area (TPSA) is 102 Å². The summed E-state index contributed by atoms with van der Waals surface area (Å²) < 4.78 is 9.92. The molecule has 0 fully saturated rings. The number of esters is 1. The Labute approximate surface area is 137 Å². The first-order valence-electron chi connectivity index (χ1n) is 7.90. The number of hydrogen-bond donors (Lipinski definition) is 2. The number of rotatable bonds is 9. The van der Waals surface area contributed by atoms with Crippen LogP contribution >= 0.6 is 0 Å². The van der Waals surface area contributed by atoms with Crippen molar-refractivity contribution in [1.29, 1.82) is 0 Å². The molecule has 0 aliphatic rings. The van der Waals surface area contributed by atoms with Crippen LogP contribution < -0.4 is 5.32 Å². The van der Waals surface area contributed by atoms with E-state index in [1.165, 1.54) is 6.92 Å². The lowest BCUT2D eigenvalue weighted by Gasteiger charge is -2.31. The fourth-order valence-electron chi connectivity index (χ4n) is 2.16. The third kappa shape index (κ3) is 9.05. The van der Waals surface area contributed by atoms with Crippen LogP contribution in [-0.4, -0.2) is 35.0 Å². The summed E-state index contributed by atoms with van der Waals surface area (Å²) in [5.74, 6) is -1.56. The molecule has 0 aromatic heterocycles. The molecular formula is C16H29NO6. The molecule has 0 bridgehead atoms. The van der Waals surface area contributed by atoms with Crippen LogP contribution in [0.1, 0.15) is 60.8 Å². The number of aliphatic carboxylic acids is 1. The van der Waals surface area contributed by atoms with E-state index in [9.17, 15) is 14.4 Å². The minimum absolute atomic E-state index is 0.216. The van der Waals surface area contributed by atoms with Gasteiger partial charge in [0.15, 0.2) is 0 Å². The molecule has 23 heavy (non-hydrogen) atoms. The molecule has 2 N–H and O–H groups in total. The number of carboxylic acids is 1. The molecule has 7 nitrogen and oxygen atoms in total. The summed E-state index contributed by atoms with van der Waals surface area (Å²) in [6.07, 6.45) is -0.685. The van der Waals surface area contributed by atoms with Gasteiger partial charge in [-0.2, -0.15) is 0 Å². The number of carboxylic acid groups (broad SMARTS) is 1. The molecule has 7 heteroatoms. The van der Waals surface area contributed by atoms with Crippen molar-refractivity contribution < 1.29 is 29.0 Å². The maximum atomic E-state index is 12.0. The van der Waals surface area contributed by atoms with E-state index in [2.05, 4.69) is 5.32 Å². The van der Waals surface area contributed by atoms with E-state index in [4.69, 9.17) is 14.6 Å². The van der Waals surface area contributed by atoms with Crippen LogP contribution in [0.3, 0.4) is 0 Å². The summed E-state index contributed by atoms with van der Waals surface area (Å²) in [6, 6.07) is 0. The lowest BCUT2D eigenvalue weighted by atomic mass is 9.86. The smallest absolute Gasteiger partial charge is 0.410 e. The van der Waals surface area contributed by atoms with Gasteiger partial charge < -0.3 is 19.9 Å². The average molecular weight is 331 g/mol. The highest BCUT2D eigenvalue weighted by molar-refractivity contribution is 5.73. The SMILES string of the molecule is CC[C@H](C)C[C@](C)(CC(=O)O)NC(=O)O[C@@H](C)OC(=O)C(C)C. The molecular weight excluding hydrogens is 302 g/mol. The van der Waals surface area contributed by atoms with Gasteiger partial charge in [0.2, 0.25) is 6.29 Å². The predicted octanol–water partition coefficient (Wildman–Crippen LogP) is 2.93. The minimum Gasteiger partial charge on any atom is -0.481 e. The van der Waals surface area contributed by atoms with Crippen molar-refractivity contribution in [2.75, 3.05) is 0 Å². The number of ether oxygens (including phenoxy) is 2. The fourth-order valence-corrected chi connectivity index (χ4v) is 2.16. The van der Waals surface area contributed by atoms with Crippen molar-refractivity contribution in [2.24, 2.45) is 11.8 Å². The van der Waals surface area contributed by atoms with Gasteiger partial charge in [-0.1, -0.05) is 34.1 Å². The molecule has 0 radical (unpaired) electrons. The van der Waals surface area contributed by atoms with E-state index in [0.717, 1.165) is 6.42 Å². The third-order valence-corrected chi connectivity index (χ3v) is 3.47. The van der Waals surface area contributed by atoms with Crippen LogP contribution in [0.4, 0.5) is 4.79 Å². The molecule has 1 amide bonds. The Bertz CT molecular complexity index is 423. The fraction of sp³-hybridized carbons (Fsp3) is 0.812. The summed E-state index contributed by atoms with van der Waals surface area (Å²) in [5, 5.41) is 11.6. The van der Waals surface area contributed by atoms with E-state index in [1.54, 1.807) is 20.8 Å². The van der Waals surface area contributed by atoms with Crippen LogP contribution in [0.25, 0.3) is 0 Å². The van der Waals surface area contributed by atoms with Crippen molar-refractivity contribution in [3.8, 4) is 0 Å². The van der Waals surface area contributed by atoms with Crippen molar-refractivity contribution in [3.63, 3.8) is 0 Å². The van der Waals surface area contributed by atoms with Gasteiger partial charge >= 0.3 is 18.0 Å². The molecule has 0 saturated heterocycles. The molecule has 0 heterocycles. The zero-order valence-corrected chi connectivity index (χ0v) is 14.8. The zero-order valence-electron chi connectivity index (χ0n) is 14.8. The molecule has 0 spiro atoms. The number of carbonyl (C=O) groups is 3. The van der Waals surface area contributed by atoms with Crippen molar-refractivity contribution in [3.05, 3.63) is 0 Å². The zero-order chi connectivity index (χ0) is 18.2. The summed E-state index contributed by atoms with van der Waals surface area (Å²) in [5.41, 5.74) is -0.930. The van der Waals surface area contributed by atoms with Gasteiger partial charge in [0.1, 0.15) is 0 Å². The Morgan fingerprint density at radius 3 is 2.13 bits per heavy atom. The first-order chi connectivity index (χ1) is 10.5. The highest BCUT2D eigenvalue weighted by atomic mass is 16.7. The lowest BCUT2D eigenvalue weighted by molar-refractivity contribution is -0.168. The average Bonchev–Trinajstić information content (AvgIpc) is 2.35. The van der Waals surface area contributed by atoms with E-state index >= 15 is 0 Å². The normalized spacial score (nSPS) is 16.1. The van der Waals surface area contributed by atoms with Crippen molar-refractivity contribution in [1.82, 2.24) is 5.32 Å². The first-order valence-corrected chi connectivity index (χ1v) is 7.90. The standard InChI is InChI=1S/C16H29NO6/c1-7-11(4)8-16(6,9-13(18)19)17-15(21)23-12(5)22-14(20)10(2)3/h10-12H,7-9H2,1-6H3,(H,17,21)(H,18,19)/t11-,12-,16+/m0/s1. The Morgan fingerprint density at radius 2 is 1.70 bits per heavy atom. The number of amides is 1. The lowest BCUT2D eigenvalue weighted by Crippen LogP contribution is -2.49. The molecule has 0 aliphatic carbocycles. The monoisotopic (exact) mass is 331 g/mol. The Balaban J connectivity index is 4.70. The molecule has 0 rings (SSSR count). The molecule has 0 unspecified atom stereocenters. The molecule has 0 aromatic carbocycles. The van der Waals surface area contributed by atoms with Crippen LogP contribution in [0.15, 0.2) is 0 Å². The largest absolute Gasteiger partial charge is 0.481 e. The van der Waals surface area contributed by atoms with Crippen LogP contribution in [0.5, 0.6) is 0 Å². The van der Waals surface area contributed by atoms with Gasteiger partial charge in [0.05, 0.1) is 17.9 Å². The Hall–Kier alpha value is -1.79. The molecule has 134 valence electrons. The van der Waals surface area contributed by atoms with Gasteiger partial charge in [-0.05, 0) is 19.3 Å². The van der Waals surface area contributed by atoms with Gasteiger partial charge in [-0.25, -0.2) is 4.79 Å². The van der Waals surface area contributed by atoms with Gasteiger partial charge in [-0.3, -0.25) is 9.59 Å². The van der Waals surface area contributed by atoms with Crippen LogP contribution in [-0.2, 0) is 19.1 Å². The second kappa shape index (κ2) is 9.37. The predicted molar refractivity (Wildman–Crippen MR) is 84.7 cm³/mol.